The van der Waals surface area contributed by atoms with Crippen molar-refractivity contribution in [3.63, 3.8) is 0 Å². The van der Waals surface area contributed by atoms with Gasteiger partial charge in [-0.05, 0) is 57.4 Å². The first kappa shape index (κ1) is 17.2. The minimum absolute atomic E-state index is 0.106. The summed E-state index contributed by atoms with van der Waals surface area (Å²) in [5.74, 6) is 0.736. The van der Waals surface area contributed by atoms with Crippen LogP contribution in [0.15, 0.2) is 0 Å². The molecule has 2 unspecified atom stereocenters. The second-order valence-corrected chi connectivity index (χ2v) is 6.59. The summed E-state index contributed by atoms with van der Waals surface area (Å²) in [4.78, 5) is 0. The Morgan fingerprint density at radius 2 is 2.10 bits per heavy atom. The number of hydrogen-bond acceptors (Lipinski definition) is 4. The Morgan fingerprint density at radius 1 is 1.29 bits per heavy atom. The summed E-state index contributed by atoms with van der Waals surface area (Å²) in [7, 11) is 1.79. The Kier molecular flexibility index (Phi) is 7.44. The molecule has 124 valence electrons. The zero-order valence-corrected chi connectivity index (χ0v) is 13.9. The third-order valence-corrected chi connectivity index (χ3v) is 5.02. The molecule has 2 atom stereocenters. The first-order valence-electron chi connectivity index (χ1n) is 8.74. The van der Waals surface area contributed by atoms with Gasteiger partial charge in [-0.25, -0.2) is 0 Å². The lowest BCUT2D eigenvalue weighted by Gasteiger charge is -2.45. The topological polar surface area (TPSA) is 39.7 Å². The Bertz CT molecular complexity index is 274. The first-order chi connectivity index (χ1) is 10.3. The average Bonchev–Trinajstić information content (AvgIpc) is 2.51. The highest BCUT2D eigenvalue weighted by Gasteiger charge is 2.40. The van der Waals surface area contributed by atoms with Gasteiger partial charge in [-0.15, -0.1) is 0 Å². The minimum Gasteiger partial charge on any atom is -0.385 e. The highest BCUT2D eigenvalue weighted by molar-refractivity contribution is 4.92. The minimum atomic E-state index is 0.106. The molecule has 1 spiro atoms. The molecule has 0 bridgehead atoms. The van der Waals surface area contributed by atoms with E-state index in [4.69, 9.17) is 14.2 Å². The van der Waals surface area contributed by atoms with E-state index in [2.05, 4.69) is 12.2 Å². The van der Waals surface area contributed by atoms with Gasteiger partial charge in [-0.1, -0.05) is 6.92 Å². The lowest BCUT2D eigenvalue weighted by molar-refractivity contribution is -0.150. The van der Waals surface area contributed by atoms with E-state index >= 15 is 0 Å². The second-order valence-electron chi connectivity index (χ2n) is 6.59. The maximum absolute atomic E-state index is 6.18. The summed E-state index contributed by atoms with van der Waals surface area (Å²) >= 11 is 0. The summed E-state index contributed by atoms with van der Waals surface area (Å²) < 4.78 is 16.9. The number of ether oxygens (including phenoxy) is 3. The Hall–Kier alpha value is -0.160. The highest BCUT2D eigenvalue weighted by atomic mass is 16.5. The van der Waals surface area contributed by atoms with Gasteiger partial charge in [0.25, 0.3) is 0 Å². The van der Waals surface area contributed by atoms with Crippen molar-refractivity contribution in [1.29, 1.82) is 0 Å². The van der Waals surface area contributed by atoms with E-state index in [9.17, 15) is 0 Å². The number of nitrogens with one attached hydrogen (secondary N) is 1. The van der Waals surface area contributed by atoms with Crippen LogP contribution >= 0.6 is 0 Å². The van der Waals surface area contributed by atoms with Crippen molar-refractivity contribution in [2.75, 3.05) is 40.1 Å². The van der Waals surface area contributed by atoms with Gasteiger partial charge in [0, 0.05) is 39.6 Å². The average molecular weight is 299 g/mol. The summed E-state index contributed by atoms with van der Waals surface area (Å²) in [6.45, 7) is 6.87. The molecule has 2 rings (SSSR count). The molecule has 0 radical (unpaired) electrons. The largest absolute Gasteiger partial charge is 0.385 e. The zero-order valence-electron chi connectivity index (χ0n) is 13.9. The van der Waals surface area contributed by atoms with Crippen LogP contribution in [0.5, 0.6) is 0 Å². The molecule has 21 heavy (non-hydrogen) atoms. The monoisotopic (exact) mass is 299 g/mol. The molecule has 4 heteroatoms. The van der Waals surface area contributed by atoms with Crippen molar-refractivity contribution in [3.05, 3.63) is 0 Å². The van der Waals surface area contributed by atoms with E-state index in [-0.39, 0.29) is 5.60 Å². The van der Waals surface area contributed by atoms with Gasteiger partial charge >= 0.3 is 0 Å². The molecule has 1 N–H and O–H groups in total. The van der Waals surface area contributed by atoms with Crippen molar-refractivity contribution >= 4 is 0 Å². The molecule has 0 amide bonds. The molecule has 2 saturated heterocycles. The summed E-state index contributed by atoms with van der Waals surface area (Å²) in [6, 6.07) is 0.615. The van der Waals surface area contributed by atoms with E-state index in [1.54, 1.807) is 7.11 Å². The van der Waals surface area contributed by atoms with Gasteiger partial charge < -0.3 is 19.5 Å². The van der Waals surface area contributed by atoms with Crippen LogP contribution in [-0.4, -0.2) is 51.7 Å². The van der Waals surface area contributed by atoms with Gasteiger partial charge in [0.15, 0.2) is 0 Å². The fourth-order valence-corrected chi connectivity index (χ4v) is 3.78. The summed E-state index contributed by atoms with van der Waals surface area (Å²) in [5, 5.41) is 3.78. The number of rotatable bonds is 8. The summed E-state index contributed by atoms with van der Waals surface area (Å²) in [6.07, 6.45) is 8.09. The predicted molar refractivity (Wildman–Crippen MR) is 84.7 cm³/mol. The molecule has 0 saturated carbocycles. The van der Waals surface area contributed by atoms with Crippen LogP contribution in [0.25, 0.3) is 0 Å². The number of methoxy groups -OCH3 is 1. The van der Waals surface area contributed by atoms with E-state index < -0.39 is 0 Å². The van der Waals surface area contributed by atoms with Gasteiger partial charge in [-0.2, -0.15) is 0 Å². The third-order valence-electron chi connectivity index (χ3n) is 5.02. The van der Waals surface area contributed by atoms with Crippen LogP contribution in [0.1, 0.15) is 51.9 Å². The SMILES string of the molecule is CCCNC(CCCOC)C1CCOC2(CCOCC2)C1. The molecular weight excluding hydrogens is 266 g/mol. The van der Waals surface area contributed by atoms with Crippen LogP contribution < -0.4 is 5.32 Å². The van der Waals surface area contributed by atoms with Crippen LogP contribution in [-0.2, 0) is 14.2 Å². The molecular formula is C17H33NO3. The molecule has 0 aromatic carbocycles. The Morgan fingerprint density at radius 3 is 2.81 bits per heavy atom. The van der Waals surface area contributed by atoms with E-state index in [1.807, 2.05) is 0 Å². The number of hydrogen-bond donors (Lipinski definition) is 1. The lowest BCUT2D eigenvalue weighted by atomic mass is 9.77. The van der Waals surface area contributed by atoms with E-state index in [0.29, 0.717) is 6.04 Å². The quantitative estimate of drug-likeness (QED) is 0.700. The van der Waals surface area contributed by atoms with Crippen molar-refractivity contribution in [1.82, 2.24) is 5.32 Å². The lowest BCUT2D eigenvalue weighted by Crippen LogP contribution is -2.49. The molecule has 4 nitrogen and oxygen atoms in total. The molecule has 0 aromatic heterocycles. The van der Waals surface area contributed by atoms with Gasteiger partial charge in [-0.3, -0.25) is 0 Å². The van der Waals surface area contributed by atoms with Crippen molar-refractivity contribution < 1.29 is 14.2 Å². The smallest absolute Gasteiger partial charge is 0.0729 e. The van der Waals surface area contributed by atoms with Crippen molar-refractivity contribution in [3.8, 4) is 0 Å². The highest BCUT2D eigenvalue weighted by Crippen LogP contribution is 2.38. The van der Waals surface area contributed by atoms with Crippen LogP contribution in [0.4, 0.5) is 0 Å². The van der Waals surface area contributed by atoms with Crippen LogP contribution in [0, 0.1) is 5.92 Å². The van der Waals surface area contributed by atoms with Crippen molar-refractivity contribution in [2.24, 2.45) is 5.92 Å². The van der Waals surface area contributed by atoms with Crippen LogP contribution in [0.2, 0.25) is 0 Å². The van der Waals surface area contributed by atoms with Gasteiger partial charge in [0.1, 0.15) is 0 Å². The third kappa shape index (κ3) is 5.20. The van der Waals surface area contributed by atoms with E-state index in [1.165, 1.54) is 25.7 Å². The zero-order chi connectivity index (χ0) is 15.0. The second kappa shape index (κ2) is 9.09. The van der Waals surface area contributed by atoms with Gasteiger partial charge in [0.2, 0.25) is 0 Å². The molecule has 2 fully saturated rings. The first-order valence-corrected chi connectivity index (χ1v) is 8.74. The fourth-order valence-electron chi connectivity index (χ4n) is 3.78. The molecule has 0 aromatic rings. The van der Waals surface area contributed by atoms with Crippen LogP contribution in [0.3, 0.4) is 0 Å². The van der Waals surface area contributed by atoms with Gasteiger partial charge in [0.05, 0.1) is 5.60 Å². The molecule has 0 aliphatic carbocycles. The molecule has 2 aliphatic heterocycles. The molecule has 2 heterocycles. The fraction of sp³-hybridized carbons (Fsp3) is 1.00. The van der Waals surface area contributed by atoms with E-state index in [0.717, 1.165) is 58.2 Å². The molecule has 2 aliphatic rings. The standard InChI is InChI=1S/C17H33NO3/c1-3-9-18-16(5-4-10-19-2)15-6-11-21-17(14-15)7-12-20-13-8-17/h15-16,18H,3-14H2,1-2H3. The normalized spacial score (nSPS) is 26.9. The maximum atomic E-state index is 6.18. The Labute approximate surface area is 129 Å². The van der Waals surface area contributed by atoms with Crippen molar-refractivity contribution in [2.45, 2.75) is 63.5 Å². The predicted octanol–water partition coefficient (Wildman–Crippen LogP) is 2.76. The Balaban J connectivity index is 1.90. The summed E-state index contributed by atoms with van der Waals surface area (Å²) in [5.41, 5.74) is 0.106. The maximum Gasteiger partial charge on any atom is 0.0729 e.